The Hall–Kier alpha value is 0.580. The van der Waals surface area contributed by atoms with E-state index < -0.39 is 11.1 Å². The van der Waals surface area contributed by atoms with Crippen molar-refractivity contribution >= 4 is 17.0 Å². The smallest absolute Gasteiger partial charge is 0.772 e. The van der Waals surface area contributed by atoms with Crippen molar-refractivity contribution in [2.75, 3.05) is 12.9 Å². The first-order valence-electron chi connectivity index (χ1n) is 3.79. The zero-order valence-electron chi connectivity index (χ0n) is 8.08. The number of hydrogen-bond donors (Lipinski definition) is 0. The first kappa shape index (κ1) is 16.0. The molecule has 0 saturated carbocycles. The Balaban J connectivity index is 0. The van der Waals surface area contributed by atoms with Crippen LogP contribution in [0.15, 0.2) is 0 Å². The van der Waals surface area contributed by atoms with Crippen molar-refractivity contribution in [3.63, 3.8) is 0 Å². The zero-order chi connectivity index (χ0) is 9.40. The molecule has 0 aromatic rings. The van der Waals surface area contributed by atoms with Crippen LogP contribution >= 0.6 is 0 Å². The summed E-state index contributed by atoms with van der Waals surface area (Å²) in [6.07, 6.45) is 2.45. The van der Waals surface area contributed by atoms with Gasteiger partial charge >= 0.3 is 35.5 Å². The molecule has 72 valence electrons. The molecule has 0 saturated heterocycles. The van der Waals surface area contributed by atoms with E-state index in [0.29, 0.717) is 19.3 Å². The Morgan fingerprint density at radius 2 is 2.00 bits per heavy atom. The second-order valence-corrected chi connectivity index (χ2v) is 3.41. The fourth-order valence-electron chi connectivity index (χ4n) is 0.768. The van der Waals surface area contributed by atoms with Gasteiger partial charge in [0.15, 0.2) is 0 Å². The maximum atomic E-state index is 10.6. The van der Waals surface area contributed by atoms with E-state index in [1.807, 2.05) is 0 Å². The average molecular weight is 216 g/mol. The maximum absolute atomic E-state index is 10.6. The molecule has 0 radical (unpaired) electrons. The quantitative estimate of drug-likeness (QED) is 0.215. The predicted molar refractivity (Wildman–Crippen MR) is 44.3 cm³/mol. The van der Waals surface area contributed by atoms with Crippen LogP contribution in [0, 0.1) is 0 Å². The van der Waals surface area contributed by atoms with Crippen LogP contribution in [0.1, 0.15) is 25.7 Å². The standard InChI is InChI=1S/C7H14O4S.Na/c1-11-7(8)5-3-2-4-6-12(9)10;/h2-6H2,1H3,(H,9,10);/q;+1/p-1. The summed E-state index contributed by atoms with van der Waals surface area (Å²) in [5.74, 6) is -0.0560. The third kappa shape index (κ3) is 12.6. The molecule has 4 nitrogen and oxygen atoms in total. The molecule has 0 bridgehead atoms. The van der Waals surface area contributed by atoms with Crippen LogP contribution in [0.5, 0.6) is 0 Å². The summed E-state index contributed by atoms with van der Waals surface area (Å²) in [4.78, 5) is 10.6. The summed E-state index contributed by atoms with van der Waals surface area (Å²) in [5.41, 5.74) is 0. The van der Waals surface area contributed by atoms with E-state index in [1.54, 1.807) is 0 Å². The summed E-state index contributed by atoms with van der Waals surface area (Å²) in [7, 11) is 1.34. The summed E-state index contributed by atoms with van der Waals surface area (Å²) >= 11 is -1.95. The number of carbonyl (C=O) groups excluding carboxylic acids is 1. The molecule has 0 heterocycles. The van der Waals surface area contributed by atoms with E-state index in [4.69, 9.17) is 0 Å². The largest absolute Gasteiger partial charge is 1.00 e. The van der Waals surface area contributed by atoms with E-state index in [-0.39, 0.29) is 41.3 Å². The molecule has 6 heteroatoms. The molecule has 0 aromatic carbocycles. The van der Waals surface area contributed by atoms with Gasteiger partial charge in [0.2, 0.25) is 0 Å². The molecular weight excluding hydrogens is 203 g/mol. The Morgan fingerprint density at radius 1 is 1.38 bits per heavy atom. The monoisotopic (exact) mass is 216 g/mol. The Morgan fingerprint density at radius 3 is 2.46 bits per heavy atom. The van der Waals surface area contributed by atoms with Crippen LogP contribution < -0.4 is 29.6 Å². The maximum Gasteiger partial charge on any atom is 1.00 e. The van der Waals surface area contributed by atoms with Crippen LogP contribution in [0.4, 0.5) is 0 Å². The summed E-state index contributed by atoms with van der Waals surface area (Å²) in [5, 5.41) is 0. The number of rotatable bonds is 6. The Kier molecular flexibility index (Phi) is 13.1. The van der Waals surface area contributed by atoms with Crippen molar-refractivity contribution in [2.24, 2.45) is 0 Å². The van der Waals surface area contributed by atoms with Crippen molar-refractivity contribution in [3.05, 3.63) is 0 Å². The van der Waals surface area contributed by atoms with Crippen molar-refractivity contribution in [1.82, 2.24) is 0 Å². The number of methoxy groups -OCH3 is 1. The SMILES string of the molecule is COC(=O)CCCCCS(=O)[O-].[Na+]. The van der Waals surface area contributed by atoms with Gasteiger partial charge < -0.3 is 9.29 Å². The van der Waals surface area contributed by atoms with Crippen molar-refractivity contribution in [3.8, 4) is 0 Å². The summed E-state index contributed by atoms with van der Waals surface area (Å²) in [6, 6.07) is 0. The van der Waals surface area contributed by atoms with Crippen LogP contribution in [0.25, 0.3) is 0 Å². The second-order valence-electron chi connectivity index (χ2n) is 2.39. The van der Waals surface area contributed by atoms with Crippen molar-refractivity contribution in [1.29, 1.82) is 0 Å². The number of esters is 1. The van der Waals surface area contributed by atoms with E-state index in [2.05, 4.69) is 4.74 Å². The van der Waals surface area contributed by atoms with Gasteiger partial charge in [0, 0.05) is 12.2 Å². The molecule has 0 amide bonds. The number of hydrogen-bond acceptors (Lipinski definition) is 4. The molecule has 0 aromatic heterocycles. The number of ether oxygens (including phenoxy) is 1. The molecule has 0 aliphatic rings. The number of carbonyl (C=O) groups is 1. The van der Waals surface area contributed by atoms with E-state index in [1.165, 1.54) is 7.11 Å². The van der Waals surface area contributed by atoms with E-state index >= 15 is 0 Å². The minimum Gasteiger partial charge on any atom is -0.772 e. The predicted octanol–water partition coefficient (Wildman–Crippen LogP) is -2.40. The van der Waals surface area contributed by atoms with E-state index in [9.17, 15) is 13.6 Å². The van der Waals surface area contributed by atoms with Crippen LogP contribution in [0.2, 0.25) is 0 Å². The van der Waals surface area contributed by atoms with Gasteiger partial charge in [-0.25, -0.2) is 0 Å². The molecule has 13 heavy (non-hydrogen) atoms. The summed E-state index contributed by atoms with van der Waals surface area (Å²) < 4.78 is 24.5. The van der Waals surface area contributed by atoms with Crippen LogP contribution in [-0.4, -0.2) is 27.6 Å². The molecule has 0 aliphatic carbocycles. The van der Waals surface area contributed by atoms with Crippen molar-refractivity contribution in [2.45, 2.75) is 25.7 Å². The third-order valence-corrected chi connectivity index (χ3v) is 2.04. The van der Waals surface area contributed by atoms with Gasteiger partial charge in [-0.15, -0.1) is 0 Å². The van der Waals surface area contributed by atoms with Gasteiger partial charge in [-0.1, -0.05) is 17.5 Å². The molecular formula is C7H13NaO4S. The fraction of sp³-hybridized carbons (Fsp3) is 0.857. The fourth-order valence-corrected chi connectivity index (χ4v) is 1.21. The summed E-state index contributed by atoms with van der Waals surface area (Å²) in [6.45, 7) is 0. The molecule has 0 N–H and O–H groups in total. The Labute approximate surface area is 103 Å². The topological polar surface area (TPSA) is 66.4 Å². The van der Waals surface area contributed by atoms with Crippen molar-refractivity contribution < 1.29 is 47.9 Å². The van der Waals surface area contributed by atoms with Gasteiger partial charge in [0.05, 0.1) is 7.11 Å². The first-order chi connectivity index (χ1) is 5.66. The second kappa shape index (κ2) is 10.7. The van der Waals surface area contributed by atoms with Gasteiger partial charge in [0.25, 0.3) is 0 Å². The van der Waals surface area contributed by atoms with Crippen LogP contribution in [0.3, 0.4) is 0 Å². The molecule has 1 atom stereocenters. The third-order valence-electron chi connectivity index (χ3n) is 1.42. The number of unbranched alkanes of at least 4 members (excludes halogenated alkanes) is 2. The molecule has 0 aliphatic heterocycles. The minimum atomic E-state index is -1.95. The zero-order valence-corrected chi connectivity index (χ0v) is 10.9. The molecule has 1 unspecified atom stereocenters. The minimum absolute atomic E-state index is 0. The average Bonchev–Trinajstić information content (AvgIpc) is 2.03. The normalized spacial score (nSPS) is 11.5. The van der Waals surface area contributed by atoms with Gasteiger partial charge in [-0.2, -0.15) is 0 Å². The Bertz CT molecular complexity index is 163. The van der Waals surface area contributed by atoms with E-state index in [0.717, 1.165) is 6.42 Å². The van der Waals surface area contributed by atoms with Crippen LogP contribution in [-0.2, 0) is 20.6 Å². The first-order valence-corrected chi connectivity index (χ1v) is 5.04. The van der Waals surface area contributed by atoms with Gasteiger partial charge in [-0.05, 0) is 12.8 Å². The van der Waals surface area contributed by atoms with Gasteiger partial charge in [0.1, 0.15) is 0 Å². The van der Waals surface area contributed by atoms with Gasteiger partial charge in [-0.3, -0.25) is 9.00 Å². The molecule has 0 spiro atoms. The molecule has 0 rings (SSSR count). The molecule has 0 fully saturated rings.